The highest BCUT2D eigenvalue weighted by atomic mass is 32.2. The molecule has 0 radical (unpaired) electrons. The fourth-order valence-corrected chi connectivity index (χ4v) is 6.69. The molecule has 0 aliphatic carbocycles. The second kappa shape index (κ2) is 10.4. The maximum absolute atomic E-state index is 13.1. The van der Waals surface area contributed by atoms with E-state index in [2.05, 4.69) is 43.0 Å². The largest absolute Gasteiger partial charge is 0.336 e. The molecule has 2 aliphatic rings. The van der Waals surface area contributed by atoms with Crippen molar-refractivity contribution in [3.8, 4) is 0 Å². The molecule has 1 amide bonds. The number of nitrogens with zero attached hydrogens (tertiary/aromatic N) is 3. The SMILES string of the molecule is CC1CC(C)CN(S(=O)(=O)c2ccc(C(=O)N3CCN(CCc4ccccc4)CC3)cc2)C1. The second-order valence-corrected chi connectivity index (χ2v) is 11.6. The molecule has 2 aliphatic heterocycles. The summed E-state index contributed by atoms with van der Waals surface area (Å²) < 4.78 is 27.8. The van der Waals surface area contributed by atoms with Gasteiger partial charge in [0.2, 0.25) is 10.0 Å². The average molecular weight is 470 g/mol. The molecule has 0 aromatic heterocycles. The number of rotatable bonds is 6. The fraction of sp³-hybridized carbons (Fsp3) is 0.500. The van der Waals surface area contributed by atoms with E-state index in [0.717, 1.165) is 32.5 Å². The zero-order valence-corrected chi connectivity index (χ0v) is 20.5. The lowest BCUT2D eigenvalue weighted by molar-refractivity contribution is 0.0638. The number of hydrogen-bond donors (Lipinski definition) is 0. The number of amides is 1. The Morgan fingerprint density at radius 1 is 0.879 bits per heavy atom. The van der Waals surface area contributed by atoms with Crippen molar-refractivity contribution in [2.24, 2.45) is 11.8 Å². The molecule has 2 atom stereocenters. The fourth-order valence-electron chi connectivity index (χ4n) is 5.01. The number of sulfonamides is 1. The number of carbonyl (C=O) groups excluding carboxylic acids is 1. The van der Waals surface area contributed by atoms with Crippen LogP contribution in [0.2, 0.25) is 0 Å². The Morgan fingerprint density at radius 2 is 1.48 bits per heavy atom. The van der Waals surface area contributed by atoms with Crippen LogP contribution in [0.3, 0.4) is 0 Å². The minimum absolute atomic E-state index is 0.0260. The highest BCUT2D eigenvalue weighted by molar-refractivity contribution is 7.89. The van der Waals surface area contributed by atoms with Gasteiger partial charge in [0, 0.05) is 51.4 Å². The van der Waals surface area contributed by atoms with E-state index in [4.69, 9.17) is 0 Å². The number of carbonyl (C=O) groups is 1. The van der Waals surface area contributed by atoms with E-state index in [0.29, 0.717) is 43.6 Å². The Bertz CT molecular complexity index is 1020. The predicted molar refractivity (Wildman–Crippen MR) is 131 cm³/mol. The quantitative estimate of drug-likeness (QED) is 0.651. The first kappa shape index (κ1) is 23.9. The summed E-state index contributed by atoms with van der Waals surface area (Å²) in [6, 6.07) is 17.0. The maximum Gasteiger partial charge on any atom is 0.253 e. The van der Waals surface area contributed by atoms with Crippen molar-refractivity contribution in [2.45, 2.75) is 31.6 Å². The molecule has 2 fully saturated rings. The molecular weight excluding hydrogens is 434 g/mol. The second-order valence-electron chi connectivity index (χ2n) is 9.66. The van der Waals surface area contributed by atoms with Crippen LogP contribution in [-0.4, -0.2) is 74.2 Å². The summed E-state index contributed by atoms with van der Waals surface area (Å²) in [6.45, 7) is 9.40. The molecule has 2 heterocycles. The standard InChI is InChI=1S/C26H35N3O3S/c1-21-18-22(2)20-29(19-21)33(31,32)25-10-8-24(9-11-25)26(30)28-16-14-27(15-17-28)13-12-23-6-4-3-5-7-23/h3-11,21-22H,12-20H2,1-2H3. The Labute approximate surface area is 198 Å². The smallest absolute Gasteiger partial charge is 0.253 e. The zero-order chi connectivity index (χ0) is 23.4. The first-order valence-electron chi connectivity index (χ1n) is 12.0. The Balaban J connectivity index is 1.32. The van der Waals surface area contributed by atoms with Gasteiger partial charge in [-0.05, 0) is 54.5 Å². The molecule has 0 spiro atoms. The molecule has 6 nitrogen and oxygen atoms in total. The zero-order valence-electron chi connectivity index (χ0n) is 19.7. The van der Waals surface area contributed by atoms with E-state index < -0.39 is 10.0 Å². The van der Waals surface area contributed by atoms with Gasteiger partial charge in [-0.3, -0.25) is 9.69 Å². The highest BCUT2D eigenvalue weighted by Crippen LogP contribution is 2.27. The first-order valence-corrected chi connectivity index (χ1v) is 13.4. The van der Waals surface area contributed by atoms with Crippen molar-refractivity contribution in [3.63, 3.8) is 0 Å². The summed E-state index contributed by atoms with van der Waals surface area (Å²) in [5, 5.41) is 0. The van der Waals surface area contributed by atoms with Gasteiger partial charge in [0.1, 0.15) is 0 Å². The summed E-state index contributed by atoms with van der Waals surface area (Å²) in [6.07, 6.45) is 2.07. The van der Waals surface area contributed by atoms with Gasteiger partial charge in [-0.1, -0.05) is 44.2 Å². The summed E-state index contributed by atoms with van der Waals surface area (Å²) in [5.41, 5.74) is 1.88. The van der Waals surface area contributed by atoms with E-state index in [1.54, 1.807) is 28.6 Å². The summed E-state index contributed by atoms with van der Waals surface area (Å²) >= 11 is 0. The van der Waals surface area contributed by atoms with Gasteiger partial charge in [0.15, 0.2) is 0 Å². The van der Waals surface area contributed by atoms with Gasteiger partial charge in [-0.2, -0.15) is 4.31 Å². The highest BCUT2D eigenvalue weighted by Gasteiger charge is 2.32. The molecule has 178 valence electrons. The molecule has 2 unspecified atom stereocenters. The molecule has 2 aromatic rings. The van der Waals surface area contributed by atoms with Crippen LogP contribution in [0, 0.1) is 11.8 Å². The molecule has 2 aromatic carbocycles. The van der Waals surface area contributed by atoms with Crippen molar-refractivity contribution in [3.05, 3.63) is 65.7 Å². The van der Waals surface area contributed by atoms with Crippen LogP contribution in [0.25, 0.3) is 0 Å². The van der Waals surface area contributed by atoms with E-state index in [9.17, 15) is 13.2 Å². The third kappa shape index (κ3) is 5.83. The third-order valence-electron chi connectivity index (χ3n) is 6.79. The average Bonchev–Trinajstić information content (AvgIpc) is 2.83. The predicted octanol–water partition coefficient (Wildman–Crippen LogP) is 3.35. The van der Waals surface area contributed by atoms with Gasteiger partial charge < -0.3 is 4.90 Å². The lowest BCUT2D eigenvalue weighted by atomic mass is 9.94. The van der Waals surface area contributed by atoms with Crippen LogP contribution in [0.1, 0.15) is 36.2 Å². The molecule has 7 heteroatoms. The minimum Gasteiger partial charge on any atom is -0.336 e. The van der Waals surface area contributed by atoms with Crippen molar-refractivity contribution in [2.75, 3.05) is 45.8 Å². The maximum atomic E-state index is 13.1. The third-order valence-corrected chi connectivity index (χ3v) is 8.64. The van der Waals surface area contributed by atoms with Crippen LogP contribution in [-0.2, 0) is 16.4 Å². The Hall–Kier alpha value is -2.22. The van der Waals surface area contributed by atoms with Gasteiger partial charge in [0.25, 0.3) is 5.91 Å². The topological polar surface area (TPSA) is 60.9 Å². The van der Waals surface area contributed by atoms with Crippen molar-refractivity contribution >= 4 is 15.9 Å². The minimum atomic E-state index is -3.53. The van der Waals surface area contributed by atoms with E-state index >= 15 is 0 Å². The van der Waals surface area contributed by atoms with Crippen LogP contribution in [0.15, 0.2) is 59.5 Å². The van der Waals surface area contributed by atoms with Gasteiger partial charge in [0.05, 0.1) is 4.90 Å². The molecule has 4 rings (SSSR count). The molecule has 2 saturated heterocycles. The number of hydrogen-bond acceptors (Lipinski definition) is 4. The van der Waals surface area contributed by atoms with Crippen LogP contribution < -0.4 is 0 Å². The number of piperazine rings is 1. The number of piperidine rings is 1. The summed E-state index contributed by atoms with van der Waals surface area (Å²) in [5.74, 6) is 0.688. The van der Waals surface area contributed by atoms with Gasteiger partial charge in [-0.25, -0.2) is 8.42 Å². The summed E-state index contributed by atoms with van der Waals surface area (Å²) in [7, 11) is -3.53. The lowest BCUT2D eigenvalue weighted by Crippen LogP contribution is -2.49. The van der Waals surface area contributed by atoms with Crippen LogP contribution in [0.4, 0.5) is 0 Å². The van der Waals surface area contributed by atoms with Crippen LogP contribution >= 0.6 is 0 Å². The normalized spacial score (nSPS) is 22.9. The van der Waals surface area contributed by atoms with Gasteiger partial charge >= 0.3 is 0 Å². The molecular formula is C26H35N3O3S. The monoisotopic (exact) mass is 469 g/mol. The molecule has 0 N–H and O–H groups in total. The van der Waals surface area contributed by atoms with E-state index in [1.807, 2.05) is 11.0 Å². The van der Waals surface area contributed by atoms with Crippen molar-refractivity contribution < 1.29 is 13.2 Å². The Kier molecular flexibility index (Phi) is 7.51. The molecule has 0 saturated carbocycles. The first-order chi connectivity index (χ1) is 15.8. The van der Waals surface area contributed by atoms with E-state index in [-0.39, 0.29) is 10.8 Å². The Morgan fingerprint density at radius 3 is 2.09 bits per heavy atom. The molecule has 33 heavy (non-hydrogen) atoms. The summed E-state index contributed by atoms with van der Waals surface area (Å²) in [4.78, 5) is 17.5. The lowest BCUT2D eigenvalue weighted by Gasteiger charge is -2.35. The van der Waals surface area contributed by atoms with Crippen molar-refractivity contribution in [1.82, 2.24) is 14.1 Å². The van der Waals surface area contributed by atoms with Gasteiger partial charge in [-0.15, -0.1) is 0 Å². The van der Waals surface area contributed by atoms with Crippen molar-refractivity contribution in [1.29, 1.82) is 0 Å². The van der Waals surface area contributed by atoms with Crippen LogP contribution in [0.5, 0.6) is 0 Å². The number of benzene rings is 2. The van der Waals surface area contributed by atoms with E-state index in [1.165, 1.54) is 5.56 Å². The molecule has 0 bridgehead atoms.